The van der Waals surface area contributed by atoms with Crippen LogP contribution in [0.4, 0.5) is 0 Å². The molecule has 0 amide bonds. The van der Waals surface area contributed by atoms with E-state index in [1.807, 2.05) is 0 Å². The van der Waals surface area contributed by atoms with Gasteiger partial charge in [-0.25, -0.2) is 0 Å². The van der Waals surface area contributed by atoms with Crippen molar-refractivity contribution < 1.29 is 33.5 Å². The molecule has 0 heterocycles. The van der Waals surface area contributed by atoms with Crippen molar-refractivity contribution in [1.29, 1.82) is 0 Å². The Morgan fingerprint density at radius 1 is 1.09 bits per heavy atom. The number of nitrogens with zero attached hydrogens (tertiary/aromatic N) is 1. The molecule has 0 spiro atoms. The van der Waals surface area contributed by atoms with Crippen molar-refractivity contribution >= 4 is 17.9 Å². The highest BCUT2D eigenvalue weighted by molar-refractivity contribution is 5.68. The third-order valence-corrected chi connectivity index (χ3v) is 2.24. The number of ether oxygens (including phenoxy) is 3. The molecular formula is C13H19NO8. The van der Waals surface area contributed by atoms with Gasteiger partial charge in [-0.15, -0.1) is 0 Å². The second-order valence-electron chi connectivity index (χ2n) is 4.30. The molecule has 0 fully saturated rings. The van der Waals surface area contributed by atoms with Crippen LogP contribution in [0.3, 0.4) is 0 Å². The average molecular weight is 317 g/mol. The van der Waals surface area contributed by atoms with Crippen molar-refractivity contribution in [1.82, 2.24) is 0 Å². The van der Waals surface area contributed by atoms with Crippen LogP contribution < -0.4 is 0 Å². The summed E-state index contributed by atoms with van der Waals surface area (Å²) in [7, 11) is 0. The van der Waals surface area contributed by atoms with Crippen molar-refractivity contribution in [2.45, 2.75) is 39.4 Å². The number of carbonyl (C=O) groups is 3. The first-order chi connectivity index (χ1) is 10.2. The van der Waals surface area contributed by atoms with E-state index in [1.54, 1.807) is 0 Å². The molecular weight excluding hydrogens is 298 g/mol. The van der Waals surface area contributed by atoms with Crippen LogP contribution in [0, 0.1) is 10.1 Å². The smallest absolute Gasteiger partial charge is 0.303 e. The summed E-state index contributed by atoms with van der Waals surface area (Å²) in [4.78, 5) is 42.8. The maximum Gasteiger partial charge on any atom is 0.303 e. The summed E-state index contributed by atoms with van der Waals surface area (Å²) in [6.45, 7) is 2.91. The Hall–Kier alpha value is -2.45. The first-order valence-corrected chi connectivity index (χ1v) is 6.48. The molecule has 0 saturated carbocycles. The molecule has 0 radical (unpaired) electrons. The van der Waals surface area contributed by atoms with Crippen LogP contribution >= 0.6 is 0 Å². The Kier molecular flexibility index (Phi) is 9.15. The lowest BCUT2D eigenvalue weighted by Crippen LogP contribution is -2.37. The van der Waals surface area contributed by atoms with Crippen LogP contribution in [0.15, 0.2) is 12.2 Å². The van der Waals surface area contributed by atoms with Crippen molar-refractivity contribution in [2.75, 3.05) is 13.2 Å². The topological polar surface area (TPSA) is 122 Å². The summed E-state index contributed by atoms with van der Waals surface area (Å²) in [5.74, 6) is -1.87. The van der Waals surface area contributed by atoms with E-state index in [0.717, 1.165) is 13.8 Å². The van der Waals surface area contributed by atoms with Gasteiger partial charge >= 0.3 is 17.9 Å². The van der Waals surface area contributed by atoms with Crippen molar-refractivity contribution in [3.05, 3.63) is 22.3 Å². The third kappa shape index (κ3) is 10.4. The molecule has 0 aromatic carbocycles. The predicted molar refractivity (Wildman–Crippen MR) is 73.4 cm³/mol. The van der Waals surface area contributed by atoms with Crippen molar-refractivity contribution in [3.8, 4) is 0 Å². The SMILES string of the molecule is CC(=O)OCC(OC(C)=O)C(/C=C/CC[N+](=O)[O-])OC(C)=O. The van der Waals surface area contributed by atoms with Gasteiger partial charge in [-0.1, -0.05) is 6.08 Å². The van der Waals surface area contributed by atoms with Gasteiger partial charge in [0.15, 0.2) is 12.2 Å². The van der Waals surface area contributed by atoms with E-state index >= 15 is 0 Å². The van der Waals surface area contributed by atoms with E-state index in [2.05, 4.69) is 0 Å². The molecule has 9 nitrogen and oxygen atoms in total. The highest BCUT2D eigenvalue weighted by Crippen LogP contribution is 2.09. The molecule has 0 bridgehead atoms. The predicted octanol–water partition coefficient (Wildman–Crippen LogP) is 0.636. The number of hydrogen-bond acceptors (Lipinski definition) is 8. The Morgan fingerprint density at radius 3 is 2.14 bits per heavy atom. The molecule has 0 N–H and O–H groups in total. The summed E-state index contributed by atoms with van der Waals surface area (Å²) in [5.41, 5.74) is 0. The number of rotatable bonds is 9. The summed E-state index contributed by atoms with van der Waals surface area (Å²) in [6, 6.07) is 0. The van der Waals surface area contributed by atoms with Gasteiger partial charge in [0.2, 0.25) is 6.54 Å². The molecule has 0 aromatic heterocycles. The maximum atomic E-state index is 11.1. The van der Waals surface area contributed by atoms with Crippen molar-refractivity contribution in [2.24, 2.45) is 0 Å². The fourth-order valence-corrected chi connectivity index (χ4v) is 1.45. The van der Waals surface area contributed by atoms with Crippen LogP contribution in [0.5, 0.6) is 0 Å². The van der Waals surface area contributed by atoms with Gasteiger partial charge in [0, 0.05) is 32.1 Å². The first-order valence-electron chi connectivity index (χ1n) is 6.48. The van der Waals surface area contributed by atoms with Crippen LogP contribution in [-0.4, -0.2) is 48.2 Å². The van der Waals surface area contributed by atoms with Crippen LogP contribution in [-0.2, 0) is 28.6 Å². The minimum absolute atomic E-state index is 0.116. The Bertz CT molecular complexity index is 445. The van der Waals surface area contributed by atoms with E-state index in [4.69, 9.17) is 14.2 Å². The number of nitro groups is 1. The molecule has 0 aliphatic carbocycles. The van der Waals surface area contributed by atoms with Crippen LogP contribution in [0.1, 0.15) is 27.2 Å². The molecule has 0 saturated heterocycles. The van der Waals surface area contributed by atoms with Crippen LogP contribution in [0.25, 0.3) is 0 Å². The first kappa shape index (κ1) is 19.6. The third-order valence-electron chi connectivity index (χ3n) is 2.24. The molecule has 2 atom stereocenters. The zero-order chi connectivity index (χ0) is 17.1. The van der Waals surface area contributed by atoms with E-state index in [9.17, 15) is 24.5 Å². The van der Waals surface area contributed by atoms with Gasteiger partial charge in [0.05, 0.1) is 0 Å². The molecule has 22 heavy (non-hydrogen) atoms. The standard InChI is InChI=1S/C13H19NO8/c1-9(15)20-8-13(22-11(3)17)12(21-10(2)16)6-4-5-7-14(18)19/h4,6,12-13H,5,7-8H2,1-3H3/b6-4+. The monoisotopic (exact) mass is 317 g/mol. The molecule has 0 aliphatic rings. The lowest BCUT2D eigenvalue weighted by Gasteiger charge is -2.23. The highest BCUT2D eigenvalue weighted by Gasteiger charge is 2.26. The summed E-state index contributed by atoms with van der Waals surface area (Å²) < 4.78 is 14.7. The lowest BCUT2D eigenvalue weighted by molar-refractivity contribution is -0.478. The Morgan fingerprint density at radius 2 is 1.68 bits per heavy atom. The molecule has 124 valence electrons. The lowest BCUT2D eigenvalue weighted by atomic mass is 10.2. The fraction of sp³-hybridized carbons (Fsp3) is 0.615. The van der Waals surface area contributed by atoms with Gasteiger partial charge in [0.1, 0.15) is 6.61 Å². The zero-order valence-corrected chi connectivity index (χ0v) is 12.6. The zero-order valence-electron chi connectivity index (χ0n) is 12.6. The van der Waals surface area contributed by atoms with E-state index < -0.39 is 35.0 Å². The van der Waals surface area contributed by atoms with E-state index in [1.165, 1.54) is 19.1 Å². The summed E-state index contributed by atoms with van der Waals surface area (Å²) in [5, 5.41) is 10.2. The quantitative estimate of drug-likeness (QED) is 0.199. The maximum absolute atomic E-state index is 11.1. The molecule has 0 rings (SSSR count). The number of carbonyl (C=O) groups excluding carboxylic acids is 3. The molecule has 2 unspecified atom stereocenters. The highest BCUT2D eigenvalue weighted by atomic mass is 16.6. The minimum Gasteiger partial charge on any atom is -0.462 e. The second-order valence-corrected chi connectivity index (χ2v) is 4.30. The van der Waals surface area contributed by atoms with Gasteiger partial charge in [-0.05, 0) is 6.08 Å². The van der Waals surface area contributed by atoms with E-state index in [-0.39, 0.29) is 19.6 Å². The van der Waals surface area contributed by atoms with Crippen molar-refractivity contribution in [3.63, 3.8) is 0 Å². The fourth-order valence-electron chi connectivity index (χ4n) is 1.45. The van der Waals surface area contributed by atoms with Crippen LogP contribution in [0.2, 0.25) is 0 Å². The number of esters is 3. The molecule has 0 aliphatic heterocycles. The average Bonchev–Trinajstić information content (AvgIpc) is 2.36. The summed E-state index contributed by atoms with van der Waals surface area (Å²) in [6.07, 6.45) is 0.873. The Labute approximate surface area is 127 Å². The van der Waals surface area contributed by atoms with Gasteiger partial charge < -0.3 is 14.2 Å². The van der Waals surface area contributed by atoms with Gasteiger partial charge in [-0.3, -0.25) is 24.5 Å². The minimum atomic E-state index is -1.03. The largest absolute Gasteiger partial charge is 0.462 e. The van der Waals surface area contributed by atoms with Gasteiger partial charge in [0.25, 0.3) is 0 Å². The normalized spacial score (nSPS) is 13.2. The molecule has 0 aromatic rings. The molecule has 9 heteroatoms. The summed E-state index contributed by atoms with van der Waals surface area (Å²) >= 11 is 0. The van der Waals surface area contributed by atoms with E-state index in [0.29, 0.717) is 0 Å². The Balaban J connectivity index is 4.92. The van der Waals surface area contributed by atoms with Gasteiger partial charge in [-0.2, -0.15) is 0 Å². The number of hydrogen-bond donors (Lipinski definition) is 0. The second kappa shape index (κ2) is 10.3.